The maximum absolute atomic E-state index is 12.3. The minimum atomic E-state index is 0.335. The lowest BCUT2D eigenvalue weighted by atomic mass is 9.83. The van der Waals surface area contributed by atoms with Gasteiger partial charge in [-0.15, -0.1) is 0 Å². The first kappa shape index (κ1) is 15.7. The molecule has 0 N–H and O–H groups in total. The molecule has 0 aliphatic rings. The van der Waals surface area contributed by atoms with E-state index in [9.17, 15) is 4.79 Å². The third-order valence-electron chi connectivity index (χ3n) is 3.60. The van der Waals surface area contributed by atoms with E-state index in [1.165, 1.54) is 25.7 Å². The van der Waals surface area contributed by atoms with Crippen molar-refractivity contribution in [2.75, 3.05) is 0 Å². The predicted octanol–water partition coefficient (Wildman–Crippen LogP) is 4.99. The molecule has 0 fully saturated rings. The molecule has 0 rings (SSSR count). The SMILES string of the molecule is CCCCC(CC)C(=O)C(CC)CCCC. The van der Waals surface area contributed by atoms with Gasteiger partial charge in [-0.05, 0) is 25.7 Å². The van der Waals surface area contributed by atoms with Crippen LogP contribution in [0.3, 0.4) is 0 Å². The summed E-state index contributed by atoms with van der Waals surface area (Å²) in [7, 11) is 0. The minimum Gasteiger partial charge on any atom is -0.299 e. The Balaban J connectivity index is 4.20. The van der Waals surface area contributed by atoms with Gasteiger partial charge in [-0.3, -0.25) is 4.79 Å². The van der Waals surface area contributed by atoms with Crippen molar-refractivity contribution in [2.24, 2.45) is 11.8 Å². The fourth-order valence-corrected chi connectivity index (χ4v) is 2.33. The zero-order valence-electron chi connectivity index (χ0n) is 11.7. The van der Waals surface area contributed by atoms with E-state index in [1.807, 2.05) is 0 Å². The quantitative estimate of drug-likeness (QED) is 0.513. The Morgan fingerprint density at radius 3 is 1.44 bits per heavy atom. The normalized spacial score (nSPS) is 14.8. The molecule has 0 aliphatic carbocycles. The van der Waals surface area contributed by atoms with Gasteiger partial charge >= 0.3 is 0 Å². The number of hydrogen-bond acceptors (Lipinski definition) is 1. The highest BCUT2D eigenvalue weighted by Crippen LogP contribution is 2.23. The molecule has 0 radical (unpaired) electrons. The highest BCUT2D eigenvalue weighted by atomic mass is 16.1. The molecule has 0 aromatic rings. The van der Waals surface area contributed by atoms with Crippen LogP contribution in [-0.2, 0) is 4.79 Å². The first-order valence-corrected chi connectivity index (χ1v) is 7.24. The second-order valence-corrected chi connectivity index (χ2v) is 4.90. The van der Waals surface area contributed by atoms with Crippen molar-refractivity contribution in [3.8, 4) is 0 Å². The molecule has 2 unspecified atom stereocenters. The van der Waals surface area contributed by atoms with Crippen molar-refractivity contribution in [3.05, 3.63) is 0 Å². The topological polar surface area (TPSA) is 17.1 Å². The standard InChI is InChI=1S/C15H30O/c1-5-9-11-13(7-3)15(16)14(8-4)12-10-6-2/h13-14H,5-12H2,1-4H3. The number of hydrogen-bond donors (Lipinski definition) is 0. The van der Waals surface area contributed by atoms with Gasteiger partial charge in [-0.25, -0.2) is 0 Å². The summed E-state index contributed by atoms with van der Waals surface area (Å²) in [5, 5.41) is 0. The van der Waals surface area contributed by atoms with Crippen LogP contribution in [0.15, 0.2) is 0 Å². The lowest BCUT2D eigenvalue weighted by Crippen LogP contribution is -2.23. The van der Waals surface area contributed by atoms with Crippen LogP contribution in [0.4, 0.5) is 0 Å². The Morgan fingerprint density at radius 1 is 0.812 bits per heavy atom. The van der Waals surface area contributed by atoms with E-state index >= 15 is 0 Å². The molecule has 16 heavy (non-hydrogen) atoms. The van der Waals surface area contributed by atoms with Crippen LogP contribution < -0.4 is 0 Å². The molecule has 0 saturated carbocycles. The molecular weight excluding hydrogens is 196 g/mol. The highest BCUT2D eigenvalue weighted by Gasteiger charge is 2.23. The molecule has 0 amide bonds. The van der Waals surface area contributed by atoms with Crippen molar-refractivity contribution in [2.45, 2.75) is 79.1 Å². The number of ketones is 1. The van der Waals surface area contributed by atoms with Gasteiger partial charge in [0.15, 0.2) is 0 Å². The number of carbonyl (C=O) groups excluding carboxylic acids is 1. The van der Waals surface area contributed by atoms with Crippen LogP contribution in [0.25, 0.3) is 0 Å². The minimum absolute atomic E-state index is 0.335. The van der Waals surface area contributed by atoms with Gasteiger partial charge < -0.3 is 0 Å². The molecule has 0 bridgehead atoms. The van der Waals surface area contributed by atoms with Crippen molar-refractivity contribution in [3.63, 3.8) is 0 Å². The largest absolute Gasteiger partial charge is 0.299 e. The second-order valence-electron chi connectivity index (χ2n) is 4.90. The maximum Gasteiger partial charge on any atom is 0.139 e. The molecule has 0 aromatic carbocycles. The highest BCUT2D eigenvalue weighted by molar-refractivity contribution is 5.83. The average Bonchev–Trinajstić information content (AvgIpc) is 2.31. The summed E-state index contributed by atoms with van der Waals surface area (Å²) in [6.07, 6.45) is 9.08. The van der Waals surface area contributed by atoms with Crippen LogP contribution in [0.2, 0.25) is 0 Å². The fourth-order valence-electron chi connectivity index (χ4n) is 2.33. The van der Waals surface area contributed by atoms with E-state index < -0.39 is 0 Å². The molecule has 96 valence electrons. The van der Waals surface area contributed by atoms with E-state index in [4.69, 9.17) is 0 Å². The summed E-state index contributed by atoms with van der Waals surface area (Å²) in [6, 6.07) is 0. The molecule has 2 atom stereocenters. The second kappa shape index (κ2) is 9.86. The molecule has 0 heterocycles. The number of rotatable bonds is 10. The smallest absolute Gasteiger partial charge is 0.139 e. The number of unbranched alkanes of at least 4 members (excludes halogenated alkanes) is 2. The molecular formula is C15H30O. The van der Waals surface area contributed by atoms with E-state index in [0.29, 0.717) is 17.6 Å². The Morgan fingerprint density at radius 2 is 1.19 bits per heavy atom. The third-order valence-corrected chi connectivity index (χ3v) is 3.60. The Bertz CT molecular complexity index is 156. The van der Waals surface area contributed by atoms with E-state index in [-0.39, 0.29) is 0 Å². The summed E-state index contributed by atoms with van der Waals surface area (Å²) in [5.74, 6) is 1.22. The third kappa shape index (κ3) is 5.67. The predicted molar refractivity (Wildman–Crippen MR) is 71.6 cm³/mol. The Hall–Kier alpha value is -0.330. The zero-order valence-corrected chi connectivity index (χ0v) is 11.7. The molecule has 0 aromatic heterocycles. The monoisotopic (exact) mass is 226 g/mol. The van der Waals surface area contributed by atoms with Crippen LogP contribution in [-0.4, -0.2) is 5.78 Å². The lowest BCUT2D eigenvalue weighted by molar-refractivity contribution is -0.127. The van der Waals surface area contributed by atoms with Crippen molar-refractivity contribution in [1.82, 2.24) is 0 Å². The van der Waals surface area contributed by atoms with Crippen LogP contribution in [0.5, 0.6) is 0 Å². The van der Waals surface area contributed by atoms with E-state index in [0.717, 1.165) is 25.7 Å². The van der Waals surface area contributed by atoms with Crippen LogP contribution in [0.1, 0.15) is 79.1 Å². The van der Waals surface area contributed by atoms with Crippen LogP contribution >= 0.6 is 0 Å². The summed E-state index contributed by atoms with van der Waals surface area (Å²) in [4.78, 5) is 12.3. The van der Waals surface area contributed by atoms with Gasteiger partial charge in [0.2, 0.25) is 0 Å². The summed E-state index contributed by atoms with van der Waals surface area (Å²) in [5.41, 5.74) is 0. The Kier molecular flexibility index (Phi) is 9.66. The zero-order chi connectivity index (χ0) is 12.4. The van der Waals surface area contributed by atoms with E-state index in [2.05, 4.69) is 27.7 Å². The molecule has 1 heteroatoms. The van der Waals surface area contributed by atoms with Crippen molar-refractivity contribution < 1.29 is 4.79 Å². The summed E-state index contributed by atoms with van der Waals surface area (Å²) < 4.78 is 0. The van der Waals surface area contributed by atoms with Crippen molar-refractivity contribution in [1.29, 1.82) is 0 Å². The number of Topliss-reactive ketones (excluding diaryl/α,β-unsaturated/α-hetero) is 1. The molecule has 0 spiro atoms. The van der Waals surface area contributed by atoms with Gasteiger partial charge in [0.05, 0.1) is 0 Å². The maximum atomic E-state index is 12.3. The van der Waals surface area contributed by atoms with Gasteiger partial charge in [0.1, 0.15) is 5.78 Å². The Labute approximate surface area is 102 Å². The van der Waals surface area contributed by atoms with Gasteiger partial charge in [-0.2, -0.15) is 0 Å². The lowest BCUT2D eigenvalue weighted by Gasteiger charge is -2.20. The molecule has 0 saturated heterocycles. The number of carbonyl (C=O) groups is 1. The molecule has 1 nitrogen and oxygen atoms in total. The fraction of sp³-hybridized carbons (Fsp3) is 0.933. The van der Waals surface area contributed by atoms with Gasteiger partial charge in [-0.1, -0.05) is 53.4 Å². The van der Waals surface area contributed by atoms with E-state index in [1.54, 1.807) is 0 Å². The average molecular weight is 226 g/mol. The first-order chi connectivity index (χ1) is 7.71. The van der Waals surface area contributed by atoms with Gasteiger partial charge in [0, 0.05) is 11.8 Å². The molecule has 0 aliphatic heterocycles. The van der Waals surface area contributed by atoms with Gasteiger partial charge in [0.25, 0.3) is 0 Å². The first-order valence-electron chi connectivity index (χ1n) is 7.24. The summed E-state index contributed by atoms with van der Waals surface area (Å²) >= 11 is 0. The van der Waals surface area contributed by atoms with Crippen molar-refractivity contribution >= 4 is 5.78 Å². The summed E-state index contributed by atoms with van der Waals surface area (Å²) in [6.45, 7) is 8.71. The van der Waals surface area contributed by atoms with Crippen LogP contribution in [0, 0.1) is 11.8 Å².